The summed E-state index contributed by atoms with van der Waals surface area (Å²) < 4.78 is 29.4. The van der Waals surface area contributed by atoms with E-state index in [1.54, 1.807) is 0 Å². The van der Waals surface area contributed by atoms with E-state index in [9.17, 15) is 5.11 Å². The van der Waals surface area contributed by atoms with Crippen LogP contribution >= 0.6 is 0 Å². The molecule has 0 saturated carbocycles. The van der Waals surface area contributed by atoms with Crippen LogP contribution in [0.4, 0.5) is 0 Å². The Morgan fingerprint density at radius 3 is 1.62 bits per heavy atom. The molecule has 0 aromatic heterocycles. The van der Waals surface area contributed by atoms with E-state index in [0.717, 1.165) is 5.56 Å². The van der Waals surface area contributed by atoms with Gasteiger partial charge in [0.25, 0.3) is 0 Å². The van der Waals surface area contributed by atoms with E-state index in [2.05, 4.69) is 0 Å². The van der Waals surface area contributed by atoms with Crippen LogP contribution < -0.4 is 18.9 Å². The first-order chi connectivity index (χ1) is 15.6. The van der Waals surface area contributed by atoms with Gasteiger partial charge in [0.05, 0.1) is 13.2 Å². The van der Waals surface area contributed by atoms with E-state index in [1.165, 1.54) is 0 Å². The number of aliphatic hydroxyl groups is 1. The minimum atomic E-state index is -1.40. The van der Waals surface area contributed by atoms with Gasteiger partial charge in [-0.2, -0.15) is 0 Å². The summed E-state index contributed by atoms with van der Waals surface area (Å²) in [5.41, 5.74) is 0.353. The molecular weight excluding hydrogens is 408 g/mol. The summed E-state index contributed by atoms with van der Waals surface area (Å²) in [5, 5.41) is 11.7. The molecule has 3 aromatic rings. The van der Waals surface area contributed by atoms with E-state index in [1.807, 2.05) is 79.7 Å². The fraction of sp³-hybridized carbons (Fsp3) is 0.308. The van der Waals surface area contributed by atoms with Gasteiger partial charge in [0.15, 0.2) is 28.6 Å². The van der Waals surface area contributed by atoms with E-state index in [4.69, 9.17) is 23.7 Å². The lowest BCUT2D eigenvalue weighted by Gasteiger charge is -2.29. The Labute approximate surface area is 188 Å². The number of ether oxygens (including phenoxy) is 5. The Kier molecular flexibility index (Phi) is 7.14. The first-order valence-corrected chi connectivity index (χ1v) is 10.7. The van der Waals surface area contributed by atoms with Crippen LogP contribution in [0.2, 0.25) is 0 Å². The lowest BCUT2D eigenvalue weighted by atomic mass is 9.94. The lowest BCUT2D eigenvalue weighted by molar-refractivity contribution is -0.0463. The summed E-state index contributed by atoms with van der Waals surface area (Å²) in [6.45, 7) is 3.54. The smallest absolute Gasteiger partial charge is 0.161 e. The molecule has 0 spiro atoms. The van der Waals surface area contributed by atoms with Crippen LogP contribution in [0.3, 0.4) is 0 Å². The Hall–Kier alpha value is -3.22. The summed E-state index contributed by atoms with van der Waals surface area (Å²) in [6.07, 6.45) is 0. The second-order valence-electron chi connectivity index (χ2n) is 7.68. The third kappa shape index (κ3) is 5.52. The van der Waals surface area contributed by atoms with Gasteiger partial charge in [-0.25, -0.2) is 0 Å². The first kappa shape index (κ1) is 22.0. The summed E-state index contributed by atoms with van der Waals surface area (Å²) in [6, 6.07) is 22.5. The van der Waals surface area contributed by atoms with Gasteiger partial charge in [0.2, 0.25) is 0 Å². The van der Waals surface area contributed by atoms with Gasteiger partial charge in [0.1, 0.15) is 26.4 Å². The van der Waals surface area contributed by atoms with Crippen molar-refractivity contribution in [2.75, 3.05) is 39.6 Å². The predicted octanol–water partition coefficient (Wildman–Crippen LogP) is 4.13. The van der Waals surface area contributed by atoms with Crippen molar-refractivity contribution in [1.29, 1.82) is 0 Å². The quantitative estimate of drug-likeness (QED) is 0.619. The minimum Gasteiger partial charge on any atom is -0.487 e. The molecule has 1 aliphatic heterocycles. The monoisotopic (exact) mass is 436 g/mol. The summed E-state index contributed by atoms with van der Waals surface area (Å²) in [4.78, 5) is 0. The van der Waals surface area contributed by atoms with Crippen molar-refractivity contribution in [3.8, 4) is 23.0 Å². The topological polar surface area (TPSA) is 66.4 Å². The average Bonchev–Trinajstić information content (AvgIpc) is 2.81. The standard InChI is InChI=1S/C26H28O6/c1-20-7-6-8-21(17-20)26(27)18-31-24-11-4-2-9-22(24)29-15-13-28-14-16-30-23-10-3-5-12-25(23)32-19-26/h2-12,17,27H,13-16,18-19H2,1H3. The molecule has 1 N–H and O–H groups in total. The molecule has 0 bridgehead atoms. The number of fused-ring (bicyclic) bond motifs is 2. The molecule has 0 saturated heterocycles. The number of hydrogen-bond acceptors (Lipinski definition) is 6. The van der Waals surface area contributed by atoms with Gasteiger partial charge in [0, 0.05) is 0 Å². The lowest BCUT2D eigenvalue weighted by Crippen LogP contribution is -2.39. The van der Waals surface area contributed by atoms with Crippen molar-refractivity contribution in [2.45, 2.75) is 12.5 Å². The average molecular weight is 437 g/mol. The first-order valence-electron chi connectivity index (χ1n) is 10.7. The van der Waals surface area contributed by atoms with Crippen LogP contribution in [0.1, 0.15) is 11.1 Å². The fourth-order valence-electron chi connectivity index (χ4n) is 3.44. The molecule has 1 aliphatic rings. The molecule has 1 heterocycles. The van der Waals surface area contributed by atoms with Crippen LogP contribution in [-0.4, -0.2) is 44.7 Å². The van der Waals surface area contributed by atoms with Gasteiger partial charge < -0.3 is 28.8 Å². The Balaban J connectivity index is 1.65. The Morgan fingerprint density at radius 1 is 0.625 bits per heavy atom. The van der Waals surface area contributed by atoms with Crippen LogP contribution in [0.25, 0.3) is 0 Å². The zero-order valence-corrected chi connectivity index (χ0v) is 18.2. The van der Waals surface area contributed by atoms with E-state index < -0.39 is 5.60 Å². The van der Waals surface area contributed by atoms with Crippen molar-refractivity contribution < 1.29 is 28.8 Å². The molecule has 0 radical (unpaired) electrons. The molecule has 0 amide bonds. The summed E-state index contributed by atoms with van der Waals surface area (Å²) in [7, 11) is 0. The third-order valence-corrected chi connectivity index (χ3v) is 5.16. The fourth-order valence-corrected chi connectivity index (χ4v) is 3.44. The highest BCUT2D eigenvalue weighted by atomic mass is 16.6. The third-order valence-electron chi connectivity index (χ3n) is 5.16. The van der Waals surface area contributed by atoms with Crippen molar-refractivity contribution in [2.24, 2.45) is 0 Å². The molecule has 0 fully saturated rings. The van der Waals surface area contributed by atoms with Gasteiger partial charge in [-0.05, 0) is 36.8 Å². The molecule has 0 unspecified atom stereocenters. The molecular formula is C26H28O6. The van der Waals surface area contributed by atoms with Crippen LogP contribution in [-0.2, 0) is 10.3 Å². The number of rotatable bonds is 1. The highest BCUT2D eigenvalue weighted by Gasteiger charge is 2.33. The van der Waals surface area contributed by atoms with Crippen molar-refractivity contribution in [3.05, 3.63) is 83.9 Å². The maximum Gasteiger partial charge on any atom is 0.161 e. The van der Waals surface area contributed by atoms with Gasteiger partial charge in [-0.3, -0.25) is 0 Å². The molecule has 6 heteroatoms. The molecule has 0 aliphatic carbocycles. The second kappa shape index (κ2) is 10.4. The van der Waals surface area contributed by atoms with E-state index >= 15 is 0 Å². The van der Waals surface area contributed by atoms with E-state index in [0.29, 0.717) is 55.0 Å². The van der Waals surface area contributed by atoms with Crippen molar-refractivity contribution in [3.63, 3.8) is 0 Å². The van der Waals surface area contributed by atoms with Gasteiger partial charge in [-0.1, -0.05) is 54.1 Å². The van der Waals surface area contributed by atoms with Crippen molar-refractivity contribution in [1.82, 2.24) is 0 Å². The number of hydrogen-bond donors (Lipinski definition) is 1. The largest absolute Gasteiger partial charge is 0.487 e. The highest BCUT2D eigenvalue weighted by Crippen LogP contribution is 2.32. The van der Waals surface area contributed by atoms with E-state index in [-0.39, 0.29) is 13.2 Å². The zero-order valence-electron chi connectivity index (χ0n) is 18.2. The van der Waals surface area contributed by atoms with Gasteiger partial charge in [-0.15, -0.1) is 0 Å². The zero-order chi connectivity index (χ0) is 22.2. The van der Waals surface area contributed by atoms with Gasteiger partial charge >= 0.3 is 0 Å². The molecule has 32 heavy (non-hydrogen) atoms. The summed E-state index contributed by atoms with van der Waals surface area (Å²) in [5.74, 6) is 2.29. The maximum absolute atomic E-state index is 11.7. The predicted molar refractivity (Wildman–Crippen MR) is 121 cm³/mol. The molecule has 168 valence electrons. The molecule has 0 atom stereocenters. The Bertz CT molecular complexity index is 963. The van der Waals surface area contributed by atoms with Crippen LogP contribution in [0, 0.1) is 6.92 Å². The minimum absolute atomic E-state index is 0.0175. The Morgan fingerprint density at radius 2 is 1.12 bits per heavy atom. The summed E-state index contributed by atoms with van der Waals surface area (Å²) >= 11 is 0. The van der Waals surface area contributed by atoms with Crippen molar-refractivity contribution >= 4 is 0 Å². The maximum atomic E-state index is 11.7. The van der Waals surface area contributed by atoms with Crippen LogP contribution in [0.5, 0.6) is 23.0 Å². The molecule has 3 aromatic carbocycles. The number of benzene rings is 3. The SMILES string of the molecule is Cc1cccc(C2(O)COc3ccccc3OCCOCCOc3ccccc3OC2)c1. The number of aryl methyl sites for hydroxylation is 1. The highest BCUT2D eigenvalue weighted by molar-refractivity contribution is 5.41. The molecule has 4 rings (SSSR count). The molecule has 6 nitrogen and oxygen atoms in total. The number of para-hydroxylation sites is 4. The second-order valence-corrected chi connectivity index (χ2v) is 7.68. The normalized spacial score (nSPS) is 16.8. The van der Waals surface area contributed by atoms with Crippen LogP contribution in [0.15, 0.2) is 72.8 Å².